The summed E-state index contributed by atoms with van der Waals surface area (Å²) in [5, 5.41) is 9.49. The lowest BCUT2D eigenvalue weighted by Gasteiger charge is -2.14. The van der Waals surface area contributed by atoms with Gasteiger partial charge in [0.2, 0.25) is 0 Å². The van der Waals surface area contributed by atoms with E-state index in [-0.39, 0.29) is 11.3 Å². The molecule has 1 heterocycles. The van der Waals surface area contributed by atoms with Crippen LogP contribution in [0.5, 0.6) is 5.75 Å². The van der Waals surface area contributed by atoms with Gasteiger partial charge in [0.25, 0.3) is 5.56 Å². The van der Waals surface area contributed by atoms with Crippen LogP contribution in [0.1, 0.15) is 11.1 Å². The van der Waals surface area contributed by atoms with Gasteiger partial charge in [-0.1, -0.05) is 42.0 Å². The first-order valence-corrected chi connectivity index (χ1v) is 7.57. The Morgan fingerprint density at radius 2 is 1.83 bits per heavy atom. The van der Waals surface area contributed by atoms with Crippen LogP contribution >= 0.6 is 0 Å². The van der Waals surface area contributed by atoms with E-state index < -0.39 is 12.6 Å². The zero-order chi connectivity index (χ0) is 17.1. The maximum Gasteiger partial charge on any atom is 0.341 e. The SMILES string of the molecule is Cc1ccc(Cn2c(=O)cc(OCC(=O)O)c3ccccc32)cc1. The number of carbonyl (C=O) groups is 1. The van der Waals surface area contributed by atoms with Crippen LogP contribution in [0.4, 0.5) is 0 Å². The highest BCUT2D eigenvalue weighted by molar-refractivity contribution is 5.85. The number of nitrogens with zero attached hydrogens (tertiary/aromatic N) is 1. The number of rotatable bonds is 5. The van der Waals surface area contributed by atoms with Gasteiger partial charge in [0.05, 0.1) is 12.1 Å². The lowest BCUT2D eigenvalue weighted by atomic mass is 10.1. The summed E-state index contributed by atoms with van der Waals surface area (Å²) < 4.78 is 6.93. The van der Waals surface area contributed by atoms with Gasteiger partial charge < -0.3 is 14.4 Å². The molecule has 0 aliphatic rings. The van der Waals surface area contributed by atoms with Crippen molar-refractivity contribution in [1.29, 1.82) is 0 Å². The zero-order valence-corrected chi connectivity index (χ0v) is 13.2. The average Bonchev–Trinajstić information content (AvgIpc) is 2.57. The Morgan fingerprint density at radius 3 is 2.54 bits per heavy atom. The number of aliphatic carboxylic acids is 1. The minimum atomic E-state index is -1.08. The summed E-state index contributed by atoms with van der Waals surface area (Å²) >= 11 is 0. The molecule has 3 aromatic rings. The van der Waals surface area contributed by atoms with E-state index in [4.69, 9.17) is 9.84 Å². The van der Waals surface area contributed by atoms with Crippen molar-refractivity contribution in [2.24, 2.45) is 0 Å². The molecule has 5 heteroatoms. The van der Waals surface area contributed by atoms with Gasteiger partial charge in [-0.25, -0.2) is 4.79 Å². The van der Waals surface area contributed by atoms with E-state index in [0.717, 1.165) is 11.1 Å². The van der Waals surface area contributed by atoms with E-state index in [1.165, 1.54) is 6.07 Å². The zero-order valence-electron chi connectivity index (χ0n) is 13.2. The largest absolute Gasteiger partial charge is 0.481 e. The molecule has 0 aliphatic carbocycles. The number of hydrogen-bond acceptors (Lipinski definition) is 3. The Labute approximate surface area is 138 Å². The first kappa shape index (κ1) is 15.8. The molecule has 0 saturated carbocycles. The van der Waals surface area contributed by atoms with Gasteiger partial charge in [0.15, 0.2) is 6.61 Å². The van der Waals surface area contributed by atoms with Crippen LogP contribution in [-0.2, 0) is 11.3 Å². The van der Waals surface area contributed by atoms with Crippen LogP contribution in [0.3, 0.4) is 0 Å². The van der Waals surface area contributed by atoms with Crippen LogP contribution in [-0.4, -0.2) is 22.2 Å². The highest BCUT2D eigenvalue weighted by Gasteiger charge is 2.11. The number of pyridine rings is 1. The van der Waals surface area contributed by atoms with Crippen molar-refractivity contribution < 1.29 is 14.6 Å². The molecule has 24 heavy (non-hydrogen) atoms. The third-order valence-corrected chi connectivity index (χ3v) is 3.79. The van der Waals surface area contributed by atoms with Crippen LogP contribution in [0, 0.1) is 6.92 Å². The van der Waals surface area contributed by atoms with E-state index in [0.29, 0.717) is 17.4 Å². The van der Waals surface area contributed by atoms with Gasteiger partial charge in [-0.05, 0) is 24.6 Å². The minimum absolute atomic E-state index is 0.227. The average molecular weight is 323 g/mol. The van der Waals surface area contributed by atoms with Crippen LogP contribution in [0.15, 0.2) is 59.4 Å². The predicted octanol–water partition coefficient (Wildman–Crippen LogP) is 2.82. The summed E-state index contributed by atoms with van der Waals surface area (Å²) in [6.45, 7) is 1.98. The molecule has 0 amide bonds. The molecule has 0 atom stereocenters. The lowest BCUT2D eigenvalue weighted by Crippen LogP contribution is -2.21. The number of fused-ring (bicyclic) bond motifs is 1. The fourth-order valence-corrected chi connectivity index (χ4v) is 2.60. The summed E-state index contributed by atoms with van der Waals surface area (Å²) in [6.07, 6.45) is 0. The molecular weight excluding hydrogens is 306 g/mol. The van der Waals surface area contributed by atoms with Crippen molar-refractivity contribution in [3.63, 3.8) is 0 Å². The minimum Gasteiger partial charge on any atom is -0.481 e. The number of carboxylic acid groups (broad SMARTS) is 1. The summed E-state index contributed by atoms with van der Waals surface area (Å²) in [7, 11) is 0. The fourth-order valence-electron chi connectivity index (χ4n) is 2.60. The third-order valence-electron chi connectivity index (χ3n) is 3.79. The Balaban J connectivity index is 2.07. The molecule has 0 unspecified atom stereocenters. The standard InChI is InChI=1S/C19H17NO4/c1-13-6-8-14(9-7-13)11-20-16-5-3-2-4-15(16)17(10-18(20)21)24-12-19(22)23/h2-10H,11-12H2,1H3,(H,22,23). The molecule has 2 aromatic carbocycles. The normalized spacial score (nSPS) is 10.7. The number of aromatic nitrogens is 1. The Kier molecular flexibility index (Phi) is 4.33. The second-order valence-corrected chi connectivity index (χ2v) is 5.62. The van der Waals surface area contributed by atoms with Gasteiger partial charge in [0.1, 0.15) is 5.75 Å². The molecular formula is C19H17NO4. The highest BCUT2D eigenvalue weighted by Crippen LogP contribution is 2.24. The Bertz CT molecular complexity index is 942. The maximum absolute atomic E-state index is 12.5. The first-order valence-electron chi connectivity index (χ1n) is 7.57. The van der Waals surface area contributed by atoms with Crippen molar-refractivity contribution >= 4 is 16.9 Å². The van der Waals surface area contributed by atoms with Crippen molar-refractivity contribution in [1.82, 2.24) is 4.57 Å². The van der Waals surface area contributed by atoms with Crippen LogP contribution < -0.4 is 10.3 Å². The second-order valence-electron chi connectivity index (χ2n) is 5.62. The van der Waals surface area contributed by atoms with Crippen molar-refractivity contribution in [3.8, 4) is 5.75 Å². The summed E-state index contributed by atoms with van der Waals surface area (Å²) in [5.74, 6) is -0.791. The van der Waals surface area contributed by atoms with E-state index in [1.54, 1.807) is 4.57 Å². The van der Waals surface area contributed by atoms with Gasteiger partial charge in [-0.2, -0.15) is 0 Å². The number of para-hydroxylation sites is 1. The number of carboxylic acids is 1. The third kappa shape index (κ3) is 3.30. The van der Waals surface area contributed by atoms with Crippen LogP contribution in [0.25, 0.3) is 10.9 Å². The number of hydrogen-bond donors (Lipinski definition) is 1. The quantitative estimate of drug-likeness (QED) is 0.784. The van der Waals surface area contributed by atoms with E-state index in [1.807, 2.05) is 55.5 Å². The molecule has 5 nitrogen and oxygen atoms in total. The molecule has 0 radical (unpaired) electrons. The van der Waals surface area contributed by atoms with Gasteiger partial charge >= 0.3 is 5.97 Å². The van der Waals surface area contributed by atoms with Gasteiger partial charge in [-0.3, -0.25) is 4.79 Å². The van der Waals surface area contributed by atoms with Gasteiger partial charge in [0, 0.05) is 11.5 Å². The molecule has 0 bridgehead atoms. The number of benzene rings is 2. The molecule has 1 N–H and O–H groups in total. The molecule has 1 aromatic heterocycles. The molecule has 0 fully saturated rings. The van der Waals surface area contributed by atoms with Crippen molar-refractivity contribution in [2.75, 3.05) is 6.61 Å². The van der Waals surface area contributed by atoms with Crippen LogP contribution in [0.2, 0.25) is 0 Å². The molecule has 0 aliphatic heterocycles. The monoisotopic (exact) mass is 323 g/mol. The molecule has 0 saturated heterocycles. The van der Waals surface area contributed by atoms with E-state index in [9.17, 15) is 9.59 Å². The first-order chi connectivity index (χ1) is 11.5. The topological polar surface area (TPSA) is 68.5 Å². The summed E-state index contributed by atoms with van der Waals surface area (Å²) in [4.78, 5) is 23.2. The predicted molar refractivity (Wildman–Crippen MR) is 91.6 cm³/mol. The Hall–Kier alpha value is -3.08. The van der Waals surface area contributed by atoms with Gasteiger partial charge in [-0.15, -0.1) is 0 Å². The number of aryl methyl sites for hydroxylation is 1. The van der Waals surface area contributed by atoms with Crippen molar-refractivity contribution in [3.05, 3.63) is 76.1 Å². The second kappa shape index (κ2) is 6.58. The highest BCUT2D eigenvalue weighted by atomic mass is 16.5. The maximum atomic E-state index is 12.5. The number of ether oxygens (including phenoxy) is 1. The molecule has 122 valence electrons. The Morgan fingerprint density at radius 1 is 1.12 bits per heavy atom. The summed E-state index contributed by atoms with van der Waals surface area (Å²) in [5.41, 5.74) is 2.67. The van der Waals surface area contributed by atoms with E-state index in [2.05, 4.69) is 0 Å². The molecule has 0 spiro atoms. The van der Waals surface area contributed by atoms with Crippen molar-refractivity contribution in [2.45, 2.75) is 13.5 Å². The van der Waals surface area contributed by atoms with E-state index >= 15 is 0 Å². The smallest absolute Gasteiger partial charge is 0.341 e. The molecule has 3 rings (SSSR count). The lowest BCUT2D eigenvalue weighted by molar-refractivity contribution is -0.139. The fraction of sp³-hybridized carbons (Fsp3) is 0.158. The summed E-state index contributed by atoms with van der Waals surface area (Å²) in [6, 6.07) is 16.7.